The summed E-state index contributed by atoms with van der Waals surface area (Å²) in [6.45, 7) is 0.287. The van der Waals surface area contributed by atoms with Crippen LogP contribution in [0.4, 0.5) is 4.39 Å². The molecule has 0 aliphatic heterocycles. The van der Waals surface area contributed by atoms with E-state index in [1.807, 2.05) is 0 Å². The standard InChI is InChI=1S/C9H10BrClFNO/c1-13-4-7(14)5-2-3-6(10)8(11)9(5)12/h2-3,7,13-14H,4H2,1H3. The first-order chi connectivity index (χ1) is 6.57. The van der Waals surface area contributed by atoms with E-state index < -0.39 is 11.9 Å². The Morgan fingerprint density at radius 3 is 2.86 bits per heavy atom. The summed E-state index contributed by atoms with van der Waals surface area (Å²) in [6.07, 6.45) is -0.884. The van der Waals surface area contributed by atoms with Crippen molar-refractivity contribution < 1.29 is 9.50 Å². The molecule has 1 aromatic rings. The van der Waals surface area contributed by atoms with E-state index in [0.717, 1.165) is 0 Å². The first-order valence-electron chi connectivity index (χ1n) is 4.04. The zero-order chi connectivity index (χ0) is 10.7. The highest BCUT2D eigenvalue weighted by Gasteiger charge is 2.16. The first kappa shape index (κ1) is 11.9. The van der Waals surface area contributed by atoms with Gasteiger partial charge in [-0.25, -0.2) is 4.39 Å². The van der Waals surface area contributed by atoms with Gasteiger partial charge >= 0.3 is 0 Å². The Bertz CT molecular complexity index is 335. The van der Waals surface area contributed by atoms with E-state index in [1.54, 1.807) is 13.1 Å². The molecule has 0 bridgehead atoms. The predicted molar refractivity (Wildman–Crippen MR) is 58.0 cm³/mol. The minimum atomic E-state index is -0.884. The van der Waals surface area contributed by atoms with Gasteiger partial charge in [-0.15, -0.1) is 0 Å². The van der Waals surface area contributed by atoms with Crippen LogP contribution in [-0.2, 0) is 0 Å². The van der Waals surface area contributed by atoms with Gasteiger partial charge in [0.25, 0.3) is 0 Å². The zero-order valence-electron chi connectivity index (χ0n) is 7.52. The second-order valence-electron chi connectivity index (χ2n) is 2.84. The SMILES string of the molecule is CNCC(O)c1ccc(Br)c(Cl)c1F. The fraction of sp³-hybridized carbons (Fsp3) is 0.333. The molecule has 0 heterocycles. The third kappa shape index (κ3) is 2.45. The van der Waals surface area contributed by atoms with Crippen molar-refractivity contribution in [2.45, 2.75) is 6.10 Å². The molecule has 1 unspecified atom stereocenters. The van der Waals surface area contributed by atoms with Crippen LogP contribution in [-0.4, -0.2) is 18.7 Å². The Hall–Kier alpha value is -0.160. The summed E-state index contributed by atoms with van der Waals surface area (Å²) in [5.74, 6) is -0.580. The van der Waals surface area contributed by atoms with E-state index >= 15 is 0 Å². The van der Waals surface area contributed by atoms with Gasteiger partial charge in [0.1, 0.15) is 5.82 Å². The molecule has 2 nitrogen and oxygen atoms in total. The van der Waals surface area contributed by atoms with Crippen LogP contribution in [0, 0.1) is 5.82 Å². The number of benzene rings is 1. The summed E-state index contributed by atoms with van der Waals surface area (Å²) in [4.78, 5) is 0. The van der Waals surface area contributed by atoms with E-state index in [1.165, 1.54) is 6.07 Å². The largest absolute Gasteiger partial charge is 0.387 e. The lowest BCUT2D eigenvalue weighted by molar-refractivity contribution is 0.173. The third-order valence-electron chi connectivity index (χ3n) is 1.82. The van der Waals surface area contributed by atoms with Gasteiger partial charge in [0.05, 0.1) is 11.1 Å². The molecule has 0 amide bonds. The Balaban J connectivity index is 3.04. The number of halogens is 3. The van der Waals surface area contributed by atoms with Crippen molar-refractivity contribution >= 4 is 27.5 Å². The average molecular weight is 283 g/mol. The van der Waals surface area contributed by atoms with Crippen molar-refractivity contribution in [2.24, 2.45) is 0 Å². The molecule has 0 fully saturated rings. The maximum Gasteiger partial charge on any atom is 0.148 e. The summed E-state index contributed by atoms with van der Waals surface area (Å²) in [5, 5.41) is 12.3. The van der Waals surface area contributed by atoms with Gasteiger partial charge in [0.15, 0.2) is 0 Å². The lowest BCUT2D eigenvalue weighted by Gasteiger charge is -2.12. The van der Waals surface area contributed by atoms with Gasteiger partial charge in [0.2, 0.25) is 0 Å². The second-order valence-corrected chi connectivity index (χ2v) is 4.07. The highest BCUT2D eigenvalue weighted by Crippen LogP contribution is 2.30. The second kappa shape index (κ2) is 5.07. The fourth-order valence-corrected chi connectivity index (χ4v) is 1.58. The minimum Gasteiger partial charge on any atom is -0.387 e. The molecule has 1 aromatic carbocycles. The molecule has 0 aliphatic rings. The predicted octanol–water partition coefficient (Wildman–Crippen LogP) is 2.49. The van der Waals surface area contributed by atoms with Crippen LogP contribution in [0.3, 0.4) is 0 Å². The Morgan fingerprint density at radius 2 is 2.29 bits per heavy atom. The van der Waals surface area contributed by atoms with Crippen LogP contribution in [0.5, 0.6) is 0 Å². The molecule has 1 rings (SSSR count). The molecule has 0 spiro atoms. The summed E-state index contributed by atoms with van der Waals surface area (Å²) in [5.41, 5.74) is 0.201. The number of hydrogen-bond acceptors (Lipinski definition) is 2. The Labute approximate surface area is 95.2 Å². The fourth-order valence-electron chi connectivity index (χ4n) is 1.10. The van der Waals surface area contributed by atoms with E-state index in [-0.39, 0.29) is 17.1 Å². The topological polar surface area (TPSA) is 32.3 Å². The molecule has 14 heavy (non-hydrogen) atoms. The smallest absolute Gasteiger partial charge is 0.148 e. The van der Waals surface area contributed by atoms with Crippen molar-refractivity contribution in [2.75, 3.05) is 13.6 Å². The van der Waals surface area contributed by atoms with Crippen molar-refractivity contribution in [3.63, 3.8) is 0 Å². The molecule has 0 aromatic heterocycles. The number of hydrogen-bond donors (Lipinski definition) is 2. The van der Waals surface area contributed by atoms with E-state index in [9.17, 15) is 9.50 Å². The first-order valence-corrected chi connectivity index (χ1v) is 5.21. The average Bonchev–Trinajstić information content (AvgIpc) is 2.15. The number of likely N-dealkylation sites (N-methyl/N-ethyl adjacent to an activating group) is 1. The van der Waals surface area contributed by atoms with Crippen LogP contribution in [0.15, 0.2) is 16.6 Å². The van der Waals surface area contributed by atoms with Gasteiger partial charge < -0.3 is 10.4 Å². The van der Waals surface area contributed by atoms with Crippen molar-refractivity contribution in [1.82, 2.24) is 5.32 Å². The molecule has 5 heteroatoms. The van der Waals surface area contributed by atoms with Crippen molar-refractivity contribution in [3.8, 4) is 0 Å². The van der Waals surface area contributed by atoms with E-state index in [2.05, 4.69) is 21.2 Å². The van der Waals surface area contributed by atoms with Crippen LogP contribution >= 0.6 is 27.5 Å². The molecule has 0 radical (unpaired) electrons. The quantitative estimate of drug-likeness (QED) is 0.835. The Morgan fingerprint density at radius 1 is 1.64 bits per heavy atom. The monoisotopic (exact) mass is 281 g/mol. The van der Waals surface area contributed by atoms with Crippen molar-refractivity contribution in [1.29, 1.82) is 0 Å². The molecular formula is C9H10BrClFNO. The number of nitrogens with one attached hydrogen (secondary N) is 1. The number of aliphatic hydroxyl groups excluding tert-OH is 1. The van der Waals surface area contributed by atoms with Crippen LogP contribution in [0.25, 0.3) is 0 Å². The maximum absolute atomic E-state index is 13.5. The molecule has 0 saturated heterocycles. The van der Waals surface area contributed by atoms with Gasteiger partial charge in [0, 0.05) is 16.6 Å². The lowest BCUT2D eigenvalue weighted by Crippen LogP contribution is -2.17. The van der Waals surface area contributed by atoms with Crippen LogP contribution in [0.2, 0.25) is 5.02 Å². The van der Waals surface area contributed by atoms with Gasteiger partial charge in [-0.3, -0.25) is 0 Å². The normalized spacial score (nSPS) is 12.9. The summed E-state index contributed by atoms with van der Waals surface area (Å²) < 4.78 is 14.0. The molecular weight excluding hydrogens is 272 g/mol. The molecule has 0 saturated carbocycles. The van der Waals surface area contributed by atoms with Crippen LogP contribution in [0.1, 0.15) is 11.7 Å². The molecule has 78 valence electrons. The molecule has 0 aliphatic carbocycles. The molecule has 1 atom stereocenters. The van der Waals surface area contributed by atoms with Gasteiger partial charge in [-0.1, -0.05) is 17.7 Å². The Kier molecular flexibility index (Phi) is 4.31. The third-order valence-corrected chi connectivity index (χ3v) is 3.08. The van der Waals surface area contributed by atoms with Gasteiger partial charge in [-0.2, -0.15) is 0 Å². The summed E-state index contributed by atoms with van der Waals surface area (Å²) in [7, 11) is 1.68. The minimum absolute atomic E-state index is 0.00217. The summed E-state index contributed by atoms with van der Waals surface area (Å²) in [6, 6.07) is 3.12. The zero-order valence-corrected chi connectivity index (χ0v) is 9.86. The van der Waals surface area contributed by atoms with Gasteiger partial charge in [-0.05, 0) is 29.0 Å². The number of rotatable bonds is 3. The highest BCUT2D eigenvalue weighted by molar-refractivity contribution is 9.10. The lowest BCUT2D eigenvalue weighted by atomic mass is 10.1. The highest BCUT2D eigenvalue weighted by atomic mass is 79.9. The van der Waals surface area contributed by atoms with Crippen LogP contribution < -0.4 is 5.32 Å². The van der Waals surface area contributed by atoms with Crippen molar-refractivity contribution in [3.05, 3.63) is 33.0 Å². The van der Waals surface area contributed by atoms with E-state index in [0.29, 0.717) is 4.47 Å². The molecule has 2 N–H and O–H groups in total. The maximum atomic E-state index is 13.5. The summed E-state index contributed by atoms with van der Waals surface area (Å²) >= 11 is 8.77. The number of aliphatic hydroxyl groups is 1. The van der Waals surface area contributed by atoms with E-state index in [4.69, 9.17) is 11.6 Å².